The second-order valence-electron chi connectivity index (χ2n) is 2.98. The van der Waals surface area contributed by atoms with Crippen molar-refractivity contribution in [3.63, 3.8) is 0 Å². The van der Waals surface area contributed by atoms with E-state index in [1.807, 2.05) is 0 Å². The number of hydrogen-bond donors (Lipinski definition) is 0. The topological polar surface area (TPSA) is 77.9 Å². The lowest BCUT2D eigenvalue weighted by molar-refractivity contribution is 0.0720. The Bertz CT molecular complexity index is 484. The molecule has 0 fully saturated rings. The van der Waals surface area contributed by atoms with Crippen molar-refractivity contribution in [2.24, 2.45) is 0 Å². The lowest BCUT2D eigenvalue weighted by atomic mass is 10.4. The number of hydrogen-bond acceptors (Lipinski definition) is 6. The van der Waals surface area contributed by atoms with Gasteiger partial charge in [0.15, 0.2) is 5.69 Å². The van der Waals surface area contributed by atoms with Crippen molar-refractivity contribution in [2.75, 3.05) is 0 Å². The molecule has 16 heavy (non-hydrogen) atoms. The summed E-state index contributed by atoms with van der Waals surface area (Å²) in [6, 6.07) is 0. The van der Waals surface area contributed by atoms with Crippen LogP contribution in [0.2, 0.25) is 0 Å². The smallest absolute Gasteiger partial charge is 0.365 e. The summed E-state index contributed by atoms with van der Waals surface area (Å²) >= 11 is 0. The van der Waals surface area contributed by atoms with Crippen LogP contribution in [0.15, 0.2) is 31.0 Å². The van der Waals surface area contributed by atoms with Crippen LogP contribution in [0.5, 0.6) is 5.88 Å². The first kappa shape index (κ1) is 10.2. The quantitative estimate of drug-likeness (QED) is 0.691. The van der Waals surface area contributed by atoms with Gasteiger partial charge in [-0.25, -0.2) is 14.8 Å². The Balaban J connectivity index is 2.12. The number of aryl methyl sites for hydroxylation is 1. The minimum atomic E-state index is -0.604. The molecule has 0 radical (unpaired) electrons. The Hall–Kier alpha value is -2.37. The summed E-state index contributed by atoms with van der Waals surface area (Å²) in [7, 11) is 0. The van der Waals surface area contributed by atoms with Crippen LogP contribution < -0.4 is 4.74 Å². The summed E-state index contributed by atoms with van der Waals surface area (Å²) in [6.45, 7) is 1.78. The second-order valence-corrected chi connectivity index (χ2v) is 2.98. The van der Waals surface area contributed by atoms with Gasteiger partial charge < -0.3 is 4.74 Å². The van der Waals surface area contributed by atoms with E-state index in [0.717, 1.165) is 5.69 Å². The first-order chi connectivity index (χ1) is 7.75. The highest BCUT2D eigenvalue weighted by Crippen LogP contribution is 2.04. The third kappa shape index (κ3) is 2.35. The Kier molecular flexibility index (Phi) is 2.81. The molecule has 0 bridgehead atoms. The molecule has 6 nitrogen and oxygen atoms in total. The summed E-state index contributed by atoms with van der Waals surface area (Å²) in [4.78, 5) is 26.9. The molecule has 0 aliphatic carbocycles. The molecule has 0 amide bonds. The molecule has 0 saturated heterocycles. The molecule has 80 valence electrons. The maximum atomic E-state index is 11.5. The molecule has 0 aromatic carbocycles. The summed E-state index contributed by atoms with van der Waals surface area (Å²) in [5.74, 6) is -0.470. The van der Waals surface area contributed by atoms with Gasteiger partial charge in [0.05, 0.1) is 18.1 Å². The van der Waals surface area contributed by atoms with E-state index in [-0.39, 0.29) is 11.6 Å². The molecule has 0 saturated carbocycles. The van der Waals surface area contributed by atoms with Crippen molar-refractivity contribution in [2.45, 2.75) is 6.92 Å². The van der Waals surface area contributed by atoms with Crippen LogP contribution in [-0.2, 0) is 0 Å². The van der Waals surface area contributed by atoms with Crippen molar-refractivity contribution in [3.8, 4) is 5.88 Å². The molecule has 0 N–H and O–H groups in total. The summed E-state index contributed by atoms with van der Waals surface area (Å²) in [5.41, 5.74) is 0.868. The van der Waals surface area contributed by atoms with E-state index in [1.54, 1.807) is 6.92 Å². The number of carbonyl (C=O) groups excluding carboxylic acids is 1. The van der Waals surface area contributed by atoms with E-state index in [1.165, 1.54) is 31.0 Å². The van der Waals surface area contributed by atoms with Crippen LogP contribution in [-0.4, -0.2) is 25.9 Å². The second kappa shape index (κ2) is 4.43. The lowest BCUT2D eigenvalue weighted by Gasteiger charge is -2.01. The van der Waals surface area contributed by atoms with Gasteiger partial charge in [-0.15, -0.1) is 0 Å². The molecule has 0 spiro atoms. The largest absolute Gasteiger partial charge is 0.401 e. The van der Waals surface area contributed by atoms with Gasteiger partial charge in [-0.2, -0.15) is 0 Å². The van der Waals surface area contributed by atoms with E-state index >= 15 is 0 Å². The van der Waals surface area contributed by atoms with Gasteiger partial charge in [0.2, 0.25) is 5.88 Å². The van der Waals surface area contributed by atoms with E-state index < -0.39 is 5.97 Å². The number of rotatable bonds is 2. The zero-order chi connectivity index (χ0) is 11.4. The number of ether oxygens (including phenoxy) is 1. The Morgan fingerprint density at radius 1 is 1.12 bits per heavy atom. The van der Waals surface area contributed by atoms with Crippen molar-refractivity contribution in [1.29, 1.82) is 0 Å². The SMILES string of the molecule is Cc1cnc(C(=O)Oc2cnccn2)cn1. The van der Waals surface area contributed by atoms with Crippen molar-refractivity contribution in [3.05, 3.63) is 42.4 Å². The van der Waals surface area contributed by atoms with Crippen LogP contribution in [0.4, 0.5) is 0 Å². The molecule has 0 unspecified atom stereocenters. The van der Waals surface area contributed by atoms with Crippen molar-refractivity contribution >= 4 is 5.97 Å². The van der Waals surface area contributed by atoms with E-state index in [2.05, 4.69) is 19.9 Å². The number of aromatic nitrogens is 4. The van der Waals surface area contributed by atoms with Crippen LogP contribution in [0.1, 0.15) is 16.2 Å². The fourth-order valence-corrected chi connectivity index (χ4v) is 0.983. The van der Waals surface area contributed by atoms with E-state index in [4.69, 9.17) is 4.74 Å². The van der Waals surface area contributed by atoms with Gasteiger partial charge in [0, 0.05) is 18.6 Å². The number of carbonyl (C=O) groups is 1. The third-order valence-electron chi connectivity index (χ3n) is 1.73. The van der Waals surface area contributed by atoms with E-state index in [9.17, 15) is 4.79 Å². The molecule has 2 aromatic heterocycles. The predicted octanol–water partition coefficient (Wildman–Crippen LogP) is 0.794. The minimum Gasteiger partial charge on any atom is -0.401 e. The summed E-state index contributed by atoms with van der Waals surface area (Å²) in [5, 5.41) is 0. The van der Waals surface area contributed by atoms with Gasteiger partial charge in [-0.05, 0) is 6.92 Å². The monoisotopic (exact) mass is 216 g/mol. The fourth-order valence-electron chi connectivity index (χ4n) is 0.983. The van der Waals surface area contributed by atoms with Crippen LogP contribution >= 0.6 is 0 Å². The molecule has 2 rings (SSSR count). The average Bonchev–Trinajstić information content (AvgIpc) is 2.31. The molecule has 2 aromatic rings. The Morgan fingerprint density at radius 3 is 2.62 bits per heavy atom. The summed E-state index contributed by atoms with van der Waals surface area (Å²) in [6.07, 6.45) is 7.12. The number of nitrogens with zero attached hydrogens (tertiary/aromatic N) is 4. The molecular formula is C10H8N4O2. The van der Waals surface area contributed by atoms with Gasteiger partial charge in [-0.3, -0.25) is 9.97 Å². The molecule has 0 atom stereocenters. The molecule has 0 aliphatic heterocycles. The highest BCUT2D eigenvalue weighted by Gasteiger charge is 2.10. The van der Waals surface area contributed by atoms with Crippen molar-refractivity contribution in [1.82, 2.24) is 19.9 Å². The first-order valence-electron chi connectivity index (χ1n) is 4.52. The zero-order valence-electron chi connectivity index (χ0n) is 8.49. The van der Waals surface area contributed by atoms with Gasteiger partial charge >= 0.3 is 5.97 Å². The predicted molar refractivity (Wildman–Crippen MR) is 53.8 cm³/mol. The van der Waals surface area contributed by atoms with Crippen molar-refractivity contribution < 1.29 is 9.53 Å². The standard InChI is InChI=1S/C10H8N4O2/c1-7-4-14-8(5-13-7)10(15)16-9-6-11-2-3-12-9/h2-6H,1H3. The lowest BCUT2D eigenvalue weighted by Crippen LogP contribution is -2.12. The minimum absolute atomic E-state index is 0.134. The molecular weight excluding hydrogens is 208 g/mol. The Morgan fingerprint density at radius 2 is 2.00 bits per heavy atom. The number of esters is 1. The molecule has 2 heterocycles. The summed E-state index contributed by atoms with van der Waals surface area (Å²) < 4.78 is 4.93. The van der Waals surface area contributed by atoms with Crippen LogP contribution in [0, 0.1) is 6.92 Å². The Labute approximate surface area is 91.4 Å². The molecule has 6 heteroatoms. The van der Waals surface area contributed by atoms with Crippen LogP contribution in [0.3, 0.4) is 0 Å². The normalized spacial score (nSPS) is 9.81. The van der Waals surface area contributed by atoms with Gasteiger partial charge in [0.1, 0.15) is 0 Å². The highest BCUT2D eigenvalue weighted by atomic mass is 16.5. The van der Waals surface area contributed by atoms with Crippen LogP contribution in [0.25, 0.3) is 0 Å². The third-order valence-corrected chi connectivity index (χ3v) is 1.73. The molecule has 0 aliphatic rings. The van der Waals surface area contributed by atoms with Gasteiger partial charge in [0.25, 0.3) is 0 Å². The zero-order valence-corrected chi connectivity index (χ0v) is 8.49. The van der Waals surface area contributed by atoms with E-state index in [0.29, 0.717) is 0 Å². The van der Waals surface area contributed by atoms with Gasteiger partial charge in [-0.1, -0.05) is 0 Å². The average molecular weight is 216 g/mol. The fraction of sp³-hybridized carbons (Fsp3) is 0.100. The maximum absolute atomic E-state index is 11.5. The maximum Gasteiger partial charge on any atom is 0.365 e. The first-order valence-corrected chi connectivity index (χ1v) is 4.52. The highest BCUT2D eigenvalue weighted by molar-refractivity contribution is 5.88.